The van der Waals surface area contributed by atoms with E-state index in [9.17, 15) is 0 Å². The lowest BCUT2D eigenvalue weighted by molar-refractivity contribution is 0.392. The van der Waals surface area contributed by atoms with E-state index in [0.29, 0.717) is 0 Å². The summed E-state index contributed by atoms with van der Waals surface area (Å²) in [5, 5.41) is 0.723. The van der Waals surface area contributed by atoms with Gasteiger partial charge in [0.2, 0.25) is 0 Å². The Balaban J connectivity index is 2.00. The predicted molar refractivity (Wildman–Crippen MR) is 80.7 cm³/mol. The summed E-state index contributed by atoms with van der Waals surface area (Å²) in [5.74, 6) is 1.55. The van der Waals surface area contributed by atoms with Gasteiger partial charge in [-0.2, -0.15) is 0 Å². The van der Waals surface area contributed by atoms with Crippen LogP contribution < -0.4 is 10.5 Å². The third kappa shape index (κ3) is 4.12. The van der Waals surface area contributed by atoms with Crippen LogP contribution in [0.2, 0.25) is 5.02 Å². The van der Waals surface area contributed by atoms with Crippen molar-refractivity contribution in [1.82, 2.24) is 0 Å². The molecule has 1 atom stereocenters. The molecule has 1 saturated carbocycles. The number of methoxy groups -OCH3 is 1. The molecule has 0 heterocycles. The molecule has 2 N–H and O–H groups in total. The van der Waals surface area contributed by atoms with Crippen LogP contribution >= 0.6 is 11.6 Å². The second kappa shape index (κ2) is 7.16. The highest BCUT2D eigenvalue weighted by atomic mass is 35.5. The standard InChI is InChI=1S/C16H24ClNO/c1-19-13-8-9-14(15(17)11-13)16(18)10-12-6-4-2-3-5-7-12/h8-9,11-12,16H,2-7,10,18H2,1H3. The smallest absolute Gasteiger partial charge is 0.120 e. The summed E-state index contributed by atoms with van der Waals surface area (Å²) in [4.78, 5) is 0. The summed E-state index contributed by atoms with van der Waals surface area (Å²) in [6.07, 6.45) is 9.17. The van der Waals surface area contributed by atoms with E-state index in [1.165, 1.54) is 38.5 Å². The summed E-state index contributed by atoms with van der Waals surface area (Å²) < 4.78 is 5.17. The van der Waals surface area contributed by atoms with Crippen LogP contribution in [0.15, 0.2) is 18.2 Å². The van der Waals surface area contributed by atoms with Crippen LogP contribution in [0.3, 0.4) is 0 Å². The summed E-state index contributed by atoms with van der Waals surface area (Å²) in [5.41, 5.74) is 7.39. The molecule has 19 heavy (non-hydrogen) atoms. The zero-order valence-corrected chi connectivity index (χ0v) is 12.5. The van der Waals surface area contributed by atoms with Crippen LogP contribution in [0.5, 0.6) is 5.75 Å². The Kier molecular flexibility index (Phi) is 5.53. The molecule has 106 valence electrons. The lowest BCUT2D eigenvalue weighted by Gasteiger charge is -2.20. The molecule has 1 aromatic carbocycles. The highest BCUT2D eigenvalue weighted by Crippen LogP contribution is 2.33. The van der Waals surface area contributed by atoms with Crippen molar-refractivity contribution in [2.45, 2.75) is 51.0 Å². The third-order valence-corrected chi connectivity index (χ3v) is 4.50. The molecule has 1 unspecified atom stereocenters. The monoisotopic (exact) mass is 281 g/mol. The Bertz CT molecular complexity index is 400. The van der Waals surface area contributed by atoms with Crippen molar-refractivity contribution >= 4 is 11.6 Å². The predicted octanol–water partition coefficient (Wildman–Crippen LogP) is 4.71. The van der Waals surface area contributed by atoms with Gasteiger partial charge in [-0.05, 0) is 30.0 Å². The van der Waals surface area contributed by atoms with Gasteiger partial charge in [-0.15, -0.1) is 0 Å². The molecule has 3 heteroatoms. The minimum atomic E-state index is 0.0431. The fourth-order valence-electron chi connectivity index (χ4n) is 3.02. The van der Waals surface area contributed by atoms with Crippen LogP contribution in [-0.4, -0.2) is 7.11 Å². The van der Waals surface area contributed by atoms with E-state index in [4.69, 9.17) is 22.1 Å². The van der Waals surface area contributed by atoms with Gasteiger partial charge in [0.25, 0.3) is 0 Å². The molecule has 0 saturated heterocycles. The average Bonchev–Trinajstić information content (AvgIpc) is 2.67. The zero-order valence-electron chi connectivity index (χ0n) is 11.7. The number of rotatable bonds is 4. The van der Waals surface area contributed by atoms with Crippen molar-refractivity contribution in [3.05, 3.63) is 28.8 Å². The van der Waals surface area contributed by atoms with Gasteiger partial charge in [-0.1, -0.05) is 56.2 Å². The zero-order chi connectivity index (χ0) is 13.7. The van der Waals surface area contributed by atoms with Crippen molar-refractivity contribution in [3.63, 3.8) is 0 Å². The van der Waals surface area contributed by atoms with E-state index >= 15 is 0 Å². The van der Waals surface area contributed by atoms with E-state index in [-0.39, 0.29) is 6.04 Å². The number of benzene rings is 1. The average molecular weight is 282 g/mol. The van der Waals surface area contributed by atoms with Gasteiger partial charge < -0.3 is 10.5 Å². The molecule has 0 aliphatic heterocycles. The normalized spacial score (nSPS) is 18.9. The number of hydrogen-bond acceptors (Lipinski definition) is 2. The van der Waals surface area contributed by atoms with E-state index in [0.717, 1.165) is 28.7 Å². The largest absolute Gasteiger partial charge is 0.497 e. The molecular weight excluding hydrogens is 258 g/mol. The molecule has 0 bridgehead atoms. The lowest BCUT2D eigenvalue weighted by Crippen LogP contribution is -2.16. The number of nitrogens with two attached hydrogens (primary N) is 1. The number of hydrogen-bond donors (Lipinski definition) is 1. The molecule has 1 aromatic rings. The van der Waals surface area contributed by atoms with Crippen LogP contribution in [0.1, 0.15) is 56.6 Å². The van der Waals surface area contributed by atoms with Crippen molar-refractivity contribution in [3.8, 4) is 5.75 Å². The molecule has 1 aliphatic rings. The molecule has 0 amide bonds. The van der Waals surface area contributed by atoms with Gasteiger partial charge in [0.05, 0.1) is 7.11 Å². The van der Waals surface area contributed by atoms with E-state index in [1.807, 2.05) is 18.2 Å². The highest BCUT2D eigenvalue weighted by Gasteiger charge is 2.18. The molecule has 2 rings (SSSR count). The maximum Gasteiger partial charge on any atom is 0.120 e. The maximum absolute atomic E-state index is 6.34. The molecular formula is C16H24ClNO. The first kappa shape index (κ1) is 14.7. The van der Waals surface area contributed by atoms with Gasteiger partial charge in [0.1, 0.15) is 5.75 Å². The van der Waals surface area contributed by atoms with Crippen molar-refractivity contribution in [2.24, 2.45) is 11.7 Å². The summed E-state index contributed by atoms with van der Waals surface area (Å²) in [7, 11) is 1.65. The lowest BCUT2D eigenvalue weighted by atomic mass is 9.90. The Morgan fingerprint density at radius 3 is 2.53 bits per heavy atom. The summed E-state index contributed by atoms with van der Waals surface area (Å²) >= 11 is 6.29. The number of ether oxygens (including phenoxy) is 1. The second-order valence-electron chi connectivity index (χ2n) is 5.59. The van der Waals surface area contributed by atoms with Gasteiger partial charge in [0, 0.05) is 11.1 Å². The SMILES string of the molecule is COc1ccc(C(N)CC2CCCCCC2)c(Cl)c1. The van der Waals surface area contributed by atoms with Crippen LogP contribution in [0.4, 0.5) is 0 Å². The topological polar surface area (TPSA) is 35.2 Å². The molecule has 1 aliphatic carbocycles. The fourth-order valence-corrected chi connectivity index (χ4v) is 3.33. The van der Waals surface area contributed by atoms with Crippen molar-refractivity contribution in [2.75, 3.05) is 7.11 Å². The van der Waals surface area contributed by atoms with Crippen LogP contribution in [0, 0.1) is 5.92 Å². The molecule has 2 nitrogen and oxygen atoms in total. The van der Waals surface area contributed by atoms with Gasteiger partial charge >= 0.3 is 0 Å². The second-order valence-corrected chi connectivity index (χ2v) is 5.99. The first-order valence-corrected chi connectivity index (χ1v) is 7.67. The van der Waals surface area contributed by atoms with Gasteiger partial charge in [0.15, 0.2) is 0 Å². The maximum atomic E-state index is 6.34. The minimum absolute atomic E-state index is 0.0431. The molecule has 0 spiro atoms. The van der Waals surface area contributed by atoms with Crippen LogP contribution in [-0.2, 0) is 0 Å². The van der Waals surface area contributed by atoms with Crippen molar-refractivity contribution in [1.29, 1.82) is 0 Å². The quantitative estimate of drug-likeness (QED) is 0.811. The molecule has 0 aromatic heterocycles. The molecule has 0 radical (unpaired) electrons. The minimum Gasteiger partial charge on any atom is -0.497 e. The number of halogens is 1. The summed E-state index contributed by atoms with van der Waals surface area (Å²) in [6.45, 7) is 0. The Morgan fingerprint density at radius 2 is 1.95 bits per heavy atom. The Hall–Kier alpha value is -0.730. The van der Waals surface area contributed by atoms with Crippen LogP contribution in [0.25, 0.3) is 0 Å². The third-order valence-electron chi connectivity index (χ3n) is 4.17. The van der Waals surface area contributed by atoms with Gasteiger partial charge in [-0.3, -0.25) is 0 Å². The highest BCUT2D eigenvalue weighted by molar-refractivity contribution is 6.31. The first-order valence-electron chi connectivity index (χ1n) is 7.29. The van der Waals surface area contributed by atoms with E-state index < -0.39 is 0 Å². The summed E-state index contributed by atoms with van der Waals surface area (Å²) in [6, 6.07) is 5.84. The van der Waals surface area contributed by atoms with E-state index in [2.05, 4.69) is 0 Å². The van der Waals surface area contributed by atoms with E-state index in [1.54, 1.807) is 7.11 Å². The van der Waals surface area contributed by atoms with Gasteiger partial charge in [-0.25, -0.2) is 0 Å². The molecule has 1 fully saturated rings. The Morgan fingerprint density at radius 1 is 1.26 bits per heavy atom. The fraction of sp³-hybridized carbons (Fsp3) is 0.625. The first-order chi connectivity index (χ1) is 9.20. The Labute approximate surface area is 121 Å². The van der Waals surface area contributed by atoms with Crippen molar-refractivity contribution < 1.29 is 4.74 Å².